The van der Waals surface area contributed by atoms with Gasteiger partial charge in [0.2, 0.25) is 5.95 Å². The third-order valence-electron chi connectivity index (χ3n) is 4.38. The van der Waals surface area contributed by atoms with Crippen molar-refractivity contribution in [2.75, 3.05) is 23.3 Å². The van der Waals surface area contributed by atoms with E-state index < -0.39 is 0 Å². The highest BCUT2D eigenvalue weighted by atomic mass is 35.5. The second-order valence-electron chi connectivity index (χ2n) is 6.08. The molecular formula is C20H19ClN4. The van der Waals surface area contributed by atoms with Crippen molar-refractivity contribution in [2.45, 2.75) is 12.8 Å². The summed E-state index contributed by atoms with van der Waals surface area (Å²) in [5, 5.41) is 4.15. The molecule has 0 radical (unpaired) electrons. The first kappa shape index (κ1) is 15.9. The normalized spacial score (nSPS) is 12.9. The van der Waals surface area contributed by atoms with Crippen LogP contribution in [0, 0.1) is 0 Å². The van der Waals surface area contributed by atoms with Crippen molar-refractivity contribution >= 4 is 29.1 Å². The molecular weight excluding hydrogens is 332 g/mol. The zero-order valence-electron chi connectivity index (χ0n) is 13.8. The number of rotatable bonds is 5. The van der Waals surface area contributed by atoms with Gasteiger partial charge in [-0.1, -0.05) is 41.9 Å². The van der Waals surface area contributed by atoms with Crippen LogP contribution in [0.4, 0.5) is 17.5 Å². The fraction of sp³-hybridized carbons (Fsp3) is 0.200. The molecule has 1 aromatic heterocycles. The van der Waals surface area contributed by atoms with Gasteiger partial charge in [0.1, 0.15) is 5.82 Å². The molecule has 0 saturated heterocycles. The van der Waals surface area contributed by atoms with E-state index in [9.17, 15) is 0 Å². The Morgan fingerprint density at radius 3 is 2.92 bits per heavy atom. The largest absolute Gasteiger partial charge is 0.370 e. The third-order valence-corrected chi connectivity index (χ3v) is 4.62. The maximum absolute atomic E-state index is 6.03. The summed E-state index contributed by atoms with van der Waals surface area (Å²) in [4.78, 5) is 11.3. The molecule has 0 atom stereocenters. The number of para-hydroxylation sites is 1. The van der Waals surface area contributed by atoms with E-state index in [0.29, 0.717) is 0 Å². The molecule has 126 valence electrons. The zero-order chi connectivity index (χ0) is 17.1. The molecule has 0 spiro atoms. The molecule has 25 heavy (non-hydrogen) atoms. The number of benzene rings is 2. The molecule has 0 aliphatic carbocycles. The van der Waals surface area contributed by atoms with Crippen LogP contribution < -0.4 is 10.2 Å². The summed E-state index contributed by atoms with van der Waals surface area (Å²) in [6.45, 7) is 1.72. The lowest BCUT2D eigenvalue weighted by atomic mass is 10.1. The summed E-state index contributed by atoms with van der Waals surface area (Å²) in [6, 6.07) is 18.3. The summed E-state index contributed by atoms with van der Waals surface area (Å²) in [5.41, 5.74) is 3.77. The van der Waals surface area contributed by atoms with Gasteiger partial charge in [-0.05, 0) is 48.2 Å². The summed E-state index contributed by atoms with van der Waals surface area (Å²) in [6.07, 6.45) is 3.74. The van der Waals surface area contributed by atoms with Crippen molar-refractivity contribution in [1.82, 2.24) is 9.97 Å². The van der Waals surface area contributed by atoms with E-state index in [1.807, 2.05) is 30.5 Å². The van der Waals surface area contributed by atoms with E-state index in [0.717, 1.165) is 42.7 Å². The van der Waals surface area contributed by atoms with E-state index in [2.05, 4.69) is 50.5 Å². The van der Waals surface area contributed by atoms with Crippen molar-refractivity contribution in [1.29, 1.82) is 0 Å². The van der Waals surface area contributed by atoms with Gasteiger partial charge >= 0.3 is 0 Å². The number of hydrogen-bond donors (Lipinski definition) is 1. The van der Waals surface area contributed by atoms with Gasteiger partial charge in [0, 0.05) is 30.0 Å². The molecule has 2 aromatic carbocycles. The SMILES string of the molecule is Clc1cccc(CCNc2ccnc(N3CCc4ccccc43)n2)c1. The van der Waals surface area contributed by atoms with Crippen LogP contribution in [0.5, 0.6) is 0 Å². The molecule has 4 nitrogen and oxygen atoms in total. The molecule has 0 bridgehead atoms. The van der Waals surface area contributed by atoms with Gasteiger partial charge in [-0.2, -0.15) is 4.98 Å². The van der Waals surface area contributed by atoms with Gasteiger partial charge in [0.25, 0.3) is 0 Å². The maximum atomic E-state index is 6.03. The number of hydrogen-bond acceptors (Lipinski definition) is 4. The molecule has 5 heteroatoms. The van der Waals surface area contributed by atoms with E-state index in [1.165, 1.54) is 16.8 Å². The third kappa shape index (κ3) is 3.59. The Morgan fingerprint density at radius 1 is 1.08 bits per heavy atom. The fourth-order valence-electron chi connectivity index (χ4n) is 3.15. The quantitative estimate of drug-likeness (QED) is 0.736. The van der Waals surface area contributed by atoms with E-state index in [-0.39, 0.29) is 0 Å². The van der Waals surface area contributed by atoms with Gasteiger partial charge in [0.05, 0.1) is 0 Å². The van der Waals surface area contributed by atoms with Crippen molar-refractivity contribution < 1.29 is 0 Å². The molecule has 1 aliphatic heterocycles. The number of nitrogens with one attached hydrogen (secondary N) is 1. The number of halogens is 1. The first-order valence-electron chi connectivity index (χ1n) is 8.46. The molecule has 4 rings (SSSR count). The minimum absolute atomic E-state index is 0.748. The molecule has 0 fully saturated rings. The lowest BCUT2D eigenvalue weighted by Crippen LogP contribution is -2.17. The van der Waals surface area contributed by atoms with Crippen LogP contribution >= 0.6 is 11.6 Å². The average Bonchev–Trinajstić information content (AvgIpc) is 3.06. The van der Waals surface area contributed by atoms with Crippen LogP contribution in [0.25, 0.3) is 0 Å². The second-order valence-corrected chi connectivity index (χ2v) is 6.52. The van der Waals surface area contributed by atoms with Crippen molar-refractivity contribution in [3.8, 4) is 0 Å². The Labute approximate surface area is 152 Å². The minimum atomic E-state index is 0.748. The number of aromatic nitrogens is 2. The summed E-state index contributed by atoms with van der Waals surface area (Å²) in [5.74, 6) is 1.59. The van der Waals surface area contributed by atoms with Gasteiger partial charge in [-0.25, -0.2) is 4.98 Å². The van der Waals surface area contributed by atoms with Gasteiger partial charge in [-0.3, -0.25) is 0 Å². The summed E-state index contributed by atoms with van der Waals surface area (Å²) < 4.78 is 0. The highest BCUT2D eigenvalue weighted by Crippen LogP contribution is 2.32. The second kappa shape index (κ2) is 7.11. The van der Waals surface area contributed by atoms with Gasteiger partial charge < -0.3 is 10.2 Å². The smallest absolute Gasteiger partial charge is 0.231 e. The summed E-state index contributed by atoms with van der Waals surface area (Å²) >= 11 is 6.03. The van der Waals surface area contributed by atoms with E-state index in [4.69, 9.17) is 11.6 Å². The van der Waals surface area contributed by atoms with Crippen molar-refractivity contribution in [2.24, 2.45) is 0 Å². The topological polar surface area (TPSA) is 41.1 Å². The van der Waals surface area contributed by atoms with Crippen LogP contribution in [0.2, 0.25) is 5.02 Å². The van der Waals surface area contributed by atoms with Gasteiger partial charge in [-0.15, -0.1) is 0 Å². The molecule has 0 unspecified atom stereocenters. The van der Waals surface area contributed by atoms with E-state index >= 15 is 0 Å². The van der Waals surface area contributed by atoms with Crippen LogP contribution in [0.1, 0.15) is 11.1 Å². The van der Waals surface area contributed by atoms with Crippen molar-refractivity contribution in [3.05, 3.63) is 76.9 Å². The zero-order valence-corrected chi connectivity index (χ0v) is 14.6. The highest BCUT2D eigenvalue weighted by Gasteiger charge is 2.21. The summed E-state index contributed by atoms with van der Waals surface area (Å²) in [7, 11) is 0. The van der Waals surface area contributed by atoms with Crippen LogP contribution in [0.15, 0.2) is 60.8 Å². The Kier molecular flexibility index (Phi) is 4.53. The Balaban J connectivity index is 1.44. The monoisotopic (exact) mass is 350 g/mol. The molecule has 0 amide bonds. The molecule has 2 heterocycles. The first-order chi connectivity index (χ1) is 12.3. The van der Waals surface area contributed by atoms with Crippen LogP contribution in [0.3, 0.4) is 0 Å². The van der Waals surface area contributed by atoms with Crippen LogP contribution in [-0.4, -0.2) is 23.1 Å². The fourth-order valence-corrected chi connectivity index (χ4v) is 3.36. The molecule has 3 aromatic rings. The van der Waals surface area contributed by atoms with E-state index in [1.54, 1.807) is 0 Å². The average molecular weight is 351 g/mol. The molecule has 0 saturated carbocycles. The number of nitrogens with zero attached hydrogens (tertiary/aromatic N) is 3. The highest BCUT2D eigenvalue weighted by molar-refractivity contribution is 6.30. The molecule has 1 N–H and O–H groups in total. The standard InChI is InChI=1S/C20H19ClN4/c21-17-6-3-4-15(14-17)8-11-22-19-9-12-23-20(24-19)25-13-10-16-5-1-2-7-18(16)25/h1-7,9,12,14H,8,10-11,13H2,(H,22,23,24). The molecule has 1 aliphatic rings. The van der Waals surface area contributed by atoms with Gasteiger partial charge in [0.15, 0.2) is 0 Å². The predicted octanol–water partition coefficient (Wildman–Crippen LogP) is 4.48. The first-order valence-corrected chi connectivity index (χ1v) is 8.84. The number of fused-ring (bicyclic) bond motifs is 1. The van der Waals surface area contributed by atoms with Crippen molar-refractivity contribution in [3.63, 3.8) is 0 Å². The lowest BCUT2D eigenvalue weighted by Gasteiger charge is -2.17. The lowest BCUT2D eigenvalue weighted by molar-refractivity contribution is 0.932. The predicted molar refractivity (Wildman–Crippen MR) is 103 cm³/mol. The minimum Gasteiger partial charge on any atom is -0.370 e. The maximum Gasteiger partial charge on any atom is 0.231 e. The van der Waals surface area contributed by atoms with Crippen LogP contribution in [-0.2, 0) is 12.8 Å². The number of anilines is 3. The Bertz CT molecular complexity index is 881. The Morgan fingerprint density at radius 2 is 2.00 bits per heavy atom. The Hall–Kier alpha value is -2.59.